The molecule has 1 aromatic heterocycles. The fourth-order valence-electron chi connectivity index (χ4n) is 3.68. The molecule has 4 N–H and O–H groups in total. The first-order valence-corrected chi connectivity index (χ1v) is 10.2. The maximum atomic E-state index is 12.6. The predicted octanol–water partition coefficient (Wildman–Crippen LogP) is 2.92. The van der Waals surface area contributed by atoms with Gasteiger partial charge in [-0.3, -0.25) is 19.3 Å². The third-order valence-corrected chi connectivity index (χ3v) is 5.26. The van der Waals surface area contributed by atoms with E-state index in [1.165, 1.54) is 0 Å². The third kappa shape index (κ3) is 4.46. The van der Waals surface area contributed by atoms with Gasteiger partial charge in [-0.25, -0.2) is 4.79 Å². The van der Waals surface area contributed by atoms with Crippen molar-refractivity contribution in [1.82, 2.24) is 15.2 Å². The zero-order valence-electron chi connectivity index (χ0n) is 17.7. The summed E-state index contributed by atoms with van der Waals surface area (Å²) in [5, 5.41) is 8.96. The summed E-state index contributed by atoms with van der Waals surface area (Å²) in [5.41, 5.74) is 4.73. The van der Waals surface area contributed by atoms with Crippen molar-refractivity contribution >= 4 is 46.0 Å². The first-order valence-electron chi connectivity index (χ1n) is 10.2. The van der Waals surface area contributed by atoms with Crippen LogP contribution >= 0.6 is 0 Å². The molecule has 32 heavy (non-hydrogen) atoms. The Morgan fingerprint density at radius 2 is 1.69 bits per heavy atom. The molecule has 1 aliphatic rings. The lowest BCUT2D eigenvalue weighted by molar-refractivity contribution is -0.125. The number of hydrogen-bond donors (Lipinski definition) is 4. The Hall–Kier alpha value is -4.14. The number of imide groups is 1. The van der Waals surface area contributed by atoms with Crippen LogP contribution in [0.25, 0.3) is 10.9 Å². The number of aromatic amines is 1. The van der Waals surface area contributed by atoms with Crippen LogP contribution in [0.2, 0.25) is 0 Å². The van der Waals surface area contributed by atoms with Gasteiger partial charge in [0.1, 0.15) is 5.69 Å². The highest BCUT2D eigenvalue weighted by atomic mass is 16.2. The Kier molecular flexibility index (Phi) is 5.63. The molecule has 0 spiro atoms. The average Bonchev–Trinajstić information content (AvgIpc) is 3.31. The summed E-state index contributed by atoms with van der Waals surface area (Å²) in [6.07, 6.45) is -0.00305. The first kappa shape index (κ1) is 21.1. The van der Waals surface area contributed by atoms with Gasteiger partial charge in [0.25, 0.3) is 5.91 Å². The molecule has 1 fully saturated rings. The molecule has 9 heteroatoms. The van der Waals surface area contributed by atoms with Crippen LogP contribution in [-0.2, 0) is 9.59 Å². The largest absolute Gasteiger partial charge is 0.351 e. The number of aromatic nitrogens is 1. The van der Waals surface area contributed by atoms with Crippen molar-refractivity contribution in [3.63, 3.8) is 0 Å². The molecule has 0 unspecified atom stereocenters. The molecule has 0 aliphatic carbocycles. The van der Waals surface area contributed by atoms with E-state index in [1.54, 1.807) is 24.3 Å². The summed E-state index contributed by atoms with van der Waals surface area (Å²) in [4.78, 5) is 51.9. The minimum absolute atomic E-state index is 0.00305. The van der Waals surface area contributed by atoms with Crippen LogP contribution in [0, 0.1) is 13.8 Å². The number of benzene rings is 2. The lowest BCUT2D eigenvalue weighted by atomic mass is 10.1. The van der Waals surface area contributed by atoms with Crippen molar-refractivity contribution in [2.75, 3.05) is 23.7 Å². The number of rotatable bonds is 6. The SMILES string of the molecule is Cc1cc(C)c2cc(C(=O)Nc3ccc(NC(=O)CCN4C(=O)CNC4=O)cc3)[nH]c2c1. The molecular formula is C23H23N5O4. The van der Waals surface area contributed by atoms with E-state index in [2.05, 4.69) is 27.0 Å². The Labute approximate surface area is 184 Å². The summed E-state index contributed by atoms with van der Waals surface area (Å²) in [6.45, 7) is 4.01. The van der Waals surface area contributed by atoms with Crippen LogP contribution in [0.1, 0.15) is 28.0 Å². The monoisotopic (exact) mass is 433 g/mol. The number of fused-ring (bicyclic) bond motifs is 1. The number of urea groups is 1. The molecule has 1 aliphatic heterocycles. The summed E-state index contributed by atoms with van der Waals surface area (Å²) < 4.78 is 0. The number of carbonyl (C=O) groups excluding carboxylic acids is 4. The van der Waals surface area contributed by atoms with Crippen LogP contribution in [0.3, 0.4) is 0 Å². The minimum atomic E-state index is -0.483. The topological polar surface area (TPSA) is 123 Å². The molecule has 2 aromatic carbocycles. The molecule has 5 amide bonds. The van der Waals surface area contributed by atoms with Crippen molar-refractivity contribution in [3.8, 4) is 0 Å². The highest BCUT2D eigenvalue weighted by Gasteiger charge is 2.28. The number of nitrogens with zero attached hydrogens (tertiary/aromatic N) is 1. The van der Waals surface area contributed by atoms with E-state index in [0.29, 0.717) is 17.1 Å². The fourth-order valence-corrected chi connectivity index (χ4v) is 3.68. The standard InChI is InChI=1S/C23H23N5O4/c1-13-9-14(2)17-11-19(27-18(17)10-13)22(31)26-16-5-3-15(4-6-16)25-20(29)7-8-28-21(30)12-24-23(28)32/h3-6,9-11,27H,7-8,12H2,1-2H3,(H,24,32)(H,25,29)(H,26,31). The zero-order chi connectivity index (χ0) is 22.8. The second-order valence-corrected chi connectivity index (χ2v) is 7.76. The van der Waals surface area contributed by atoms with Gasteiger partial charge in [0.05, 0.1) is 6.54 Å². The summed E-state index contributed by atoms with van der Waals surface area (Å²) in [6, 6.07) is 12.1. The van der Waals surface area contributed by atoms with E-state index in [0.717, 1.165) is 26.9 Å². The average molecular weight is 433 g/mol. The highest BCUT2D eigenvalue weighted by molar-refractivity contribution is 6.06. The summed E-state index contributed by atoms with van der Waals surface area (Å²) in [5.74, 6) is -0.926. The van der Waals surface area contributed by atoms with Crippen molar-refractivity contribution in [2.24, 2.45) is 0 Å². The smallest absolute Gasteiger partial charge is 0.324 e. The predicted molar refractivity (Wildman–Crippen MR) is 121 cm³/mol. The molecule has 164 valence electrons. The molecule has 9 nitrogen and oxygen atoms in total. The van der Waals surface area contributed by atoms with E-state index < -0.39 is 6.03 Å². The van der Waals surface area contributed by atoms with Crippen LogP contribution in [0.5, 0.6) is 0 Å². The van der Waals surface area contributed by atoms with E-state index in [9.17, 15) is 19.2 Å². The number of hydrogen-bond acceptors (Lipinski definition) is 4. The van der Waals surface area contributed by atoms with E-state index in [1.807, 2.05) is 26.0 Å². The Bertz CT molecular complexity index is 1210. The molecule has 0 atom stereocenters. The number of H-pyrrole nitrogens is 1. The Morgan fingerprint density at radius 3 is 2.34 bits per heavy atom. The van der Waals surface area contributed by atoms with Gasteiger partial charge in [0.2, 0.25) is 11.8 Å². The quantitative estimate of drug-likeness (QED) is 0.446. The lowest BCUT2D eigenvalue weighted by Crippen LogP contribution is -2.33. The van der Waals surface area contributed by atoms with Gasteiger partial charge in [0, 0.05) is 35.2 Å². The number of nitrogens with one attached hydrogen (secondary N) is 4. The third-order valence-electron chi connectivity index (χ3n) is 5.26. The van der Waals surface area contributed by atoms with E-state index >= 15 is 0 Å². The summed E-state index contributed by atoms with van der Waals surface area (Å²) in [7, 11) is 0. The number of aryl methyl sites for hydroxylation is 2. The molecule has 1 saturated heterocycles. The number of anilines is 2. The van der Waals surface area contributed by atoms with E-state index in [4.69, 9.17) is 0 Å². The van der Waals surface area contributed by atoms with Crippen LogP contribution in [0.15, 0.2) is 42.5 Å². The van der Waals surface area contributed by atoms with Gasteiger partial charge in [-0.05, 0) is 61.4 Å². The second-order valence-electron chi connectivity index (χ2n) is 7.76. The Morgan fingerprint density at radius 1 is 1.00 bits per heavy atom. The molecule has 4 rings (SSSR count). The zero-order valence-corrected chi connectivity index (χ0v) is 17.7. The van der Waals surface area contributed by atoms with Gasteiger partial charge >= 0.3 is 6.03 Å². The normalized spacial score (nSPS) is 13.4. The highest BCUT2D eigenvalue weighted by Crippen LogP contribution is 2.22. The van der Waals surface area contributed by atoms with Gasteiger partial charge in [-0.2, -0.15) is 0 Å². The molecule has 0 saturated carbocycles. The van der Waals surface area contributed by atoms with E-state index in [-0.39, 0.29) is 37.2 Å². The van der Waals surface area contributed by atoms with Crippen LogP contribution < -0.4 is 16.0 Å². The molecule has 3 aromatic rings. The van der Waals surface area contributed by atoms with Gasteiger partial charge in [-0.15, -0.1) is 0 Å². The molecular weight excluding hydrogens is 410 g/mol. The molecule has 0 radical (unpaired) electrons. The van der Waals surface area contributed by atoms with Gasteiger partial charge in [-0.1, -0.05) is 6.07 Å². The Balaban J connectivity index is 1.34. The van der Waals surface area contributed by atoms with Crippen molar-refractivity contribution < 1.29 is 19.2 Å². The van der Waals surface area contributed by atoms with Crippen LogP contribution in [-0.4, -0.2) is 46.7 Å². The molecule has 0 bridgehead atoms. The minimum Gasteiger partial charge on any atom is -0.351 e. The first-order chi connectivity index (χ1) is 15.3. The number of carbonyl (C=O) groups is 4. The number of amides is 5. The lowest BCUT2D eigenvalue weighted by Gasteiger charge is -2.12. The van der Waals surface area contributed by atoms with Gasteiger partial charge < -0.3 is 20.9 Å². The van der Waals surface area contributed by atoms with Gasteiger partial charge in [0.15, 0.2) is 0 Å². The summed E-state index contributed by atoms with van der Waals surface area (Å²) >= 11 is 0. The van der Waals surface area contributed by atoms with Crippen molar-refractivity contribution in [2.45, 2.75) is 20.3 Å². The maximum absolute atomic E-state index is 12.6. The fraction of sp³-hybridized carbons (Fsp3) is 0.217. The van der Waals surface area contributed by atoms with Crippen molar-refractivity contribution in [1.29, 1.82) is 0 Å². The van der Waals surface area contributed by atoms with Crippen LogP contribution in [0.4, 0.5) is 16.2 Å². The molecule has 2 heterocycles. The van der Waals surface area contributed by atoms with Crippen molar-refractivity contribution in [3.05, 3.63) is 59.3 Å². The maximum Gasteiger partial charge on any atom is 0.324 e. The second kappa shape index (κ2) is 8.54.